The molecule has 4 nitrogen and oxygen atoms in total. The van der Waals surface area contributed by atoms with E-state index in [1.165, 1.54) is 11.1 Å². The standard InChI is InChI=1S/C15H20N2O2/c16-15(18)12-19-10-4-3-8-17-9-7-13-5-1-2-6-14(13)11-17/h1-6H,7-12H2,(H2,16,18)/b4-3-. The third kappa shape index (κ3) is 4.50. The van der Waals surface area contributed by atoms with Gasteiger partial charge in [-0.3, -0.25) is 9.69 Å². The molecule has 1 aromatic rings. The van der Waals surface area contributed by atoms with Crippen molar-refractivity contribution in [1.82, 2.24) is 4.90 Å². The van der Waals surface area contributed by atoms with Gasteiger partial charge >= 0.3 is 0 Å². The van der Waals surface area contributed by atoms with Gasteiger partial charge in [0.05, 0.1) is 6.61 Å². The van der Waals surface area contributed by atoms with Crippen LogP contribution < -0.4 is 5.73 Å². The summed E-state index contributed by atoms with van der Waals surface area (Å²) in [5.74, 6) is -0.430. The van der Waals surface area contributed by atoms with E-state index in [1.54, 1.807) is 0 Å². The van der Waals surface area contributed by atoms with E-state index in [0.29, 0.717) is 6.61 Å². The van der Waals surface area contributed by atoms with Gasteiger partial charge in [-0.05, 0) is 17.5 Å². The normalized spacial score (nSPS) is 15.6. The molecule has 1 aromatic carbocycles. The lowest BCUT2D eigenvalue weighted by Gasteiger charge is -2.27. The number of ether oxygens (including phenoxy) is 1. The zero-order chi connectivity index (χ0) is 13.5. The Kier molecular flexibility index (Phi) is 5.12. The van der Waals surface area contributed by atoms with E-state index < -0.39 is 5.91 Å². The first-order chi connectivity index (χ1) is 9.25. The van der Waals surface area contributed by atoms with Crippen molar-refractivity contribution in [3.05, 3.63) is 47.5 Å². The zero-order valence-corrected chi connectivity index (χ0v) is 11.0. The van der Waals surface area contributed by atoms with Crippen LogP contribution >= 0.6 is 0 Å². The minimum Gasteiger partial charge on any atom is -0.368 e. The monoisotopic (exact) mass is 260 g/mol. The Balaban J connectivity index is 1.71. The Bertz CT molecular complexity index is 457. The number of carbonyl (C=O) groups is 1. The first-order valence-corrected chi connectivity index (χ1v) is 6.56. The van der Waals surface area contributed by atoms with E-state index >= 15 is 0 Å². The van der Waals surface area contributed by atoms with Gasteiger partial charge in [-0.25, -0.2) is 0 Å². The number of nitrogens with zero attached hydrogens (tertiary/aromatic N) is 1. The van der Waals surface area contributed by atoms with Crippen LogP contribution in [-0.4, -0.2) is 37.1 Å². The highest BCUT2D eigenvalue weighted by molar-refractivity contribution is 5.74. The Morgan fingerprint density at radius 2 is 2.11 bits per heavy atom. The quantitative estimate of drug-likeness (QED) is 0.615. The second-order valence-electron chi connectivity index (χ2n) is 4.71. The Morgan fingerprint density at radius 3 is 2.89 bits per heavy atom. The number of amides is 1. The summed E-state index contributed by atoms with van der Waals surface area (Å²) in [4.78, 5) is 12.9. The average molecular weight is 260 g/mol. The van der Waals surface area contributed by atoms with E-state index in [-0.39, 0.29) is 6.61 Å². The van der Waals surface area contributed by atoms with Crippen molar-refractivity contribution in [3.8, 4) is 0 Å². The third-order valence-electron chi connectivity index (χ3n) is 3.20. The molecule has 0 saturated heterocycles. The smallest absolute Gasteiger partial charge is 0.243 e. The number of hydrogen-bond donors (Lipinski definition) is 1. The first kappa shape index (κ1) is 13.8. The predicted octanol–water partition coefficient (Wildman–Crippen LogP) is 1.10. The van der Waals surface area contributed by atoms with Crippen LogP contribution in [0.2, 0.25) is 0 Å². The van der Waals surface area contributed by atoms with Crippen LogP contribution in [0, 0.1) is 0 Å². The fourth-order valence-electron chi connectivity index (χ4n) is 2.23. The second kappa shape index (κ2) is 7.07. The molecule has 0 spiro atoms. The second-order valence-corrected chi connectivity index (χ2v) is 4.71. The Labute approximate surface area is 113 Å². The number of nitrogens with two attached hydrogens (primary N) is 1. The van der Waals surface area contributed by atoms with Gasteiger partial charge in [-0.2, -0.15) is 0 Å². The lowest BCUT2D eigenvalue weighted by atomic mass is 10.00. The summed E-state index contributed by atoms with van der Waals surface area (Å²) in [6, 6.07) is 8.60. The Morgan fingerprint density at radius 1 is 1.32 bits per heavy atom. The number of rotatable bonds is 6. The molecule has 0 bridgehead atoms. The maximum Gasteiger partial charge on any atom is 0.243 e. The van der Waals surface area contributed by atoms with Crippen molar-refractivity contribution < 1.29 is 9.53 Å². The fourth-order valence-corrected chi connectivity index (χ4v) is 2.23. The molecule has 4 heteroatoms. The van der Waals surface area contributed by atoms with Crippen molar-refractivity contribution in [2.24, 2.45) is 5.73 Å². The SMILES string of the molecule is NC(=O)COC/C=C\CN1CCc2ccccc2C1. The molecule has 2 N–H and O–H groups in total. The van der Waals surface area contributed by atoms with Crippen LogP contribution in [0.4, 0.5) is 0 Å². The van der Waals surface area contributed by atoms with Gasteiger partial charge in [0.15, 0.2) is 0 Å². The summed E-state index contributed by atoms with van der Waals surface area (Å²) in [6.07, 6.45) is 5.13. The maximum atomic E-state index is 10.5. The summed E-state index contributed by atoms with van der Waals surface area (Å²) in [6.45, 7) is 3.43. The van der Waals surface area contributed by atoms with Crippen LogP contribution in [0.15, 0.2) is 36.4 Å². The Hall–Kier alpha value is -1.65. The highest BCUT2D eigenvalue weighted by Gasteiger charge is 2.13. The molecule has 0 unspecified atom stereocenters. The molecule has 0 atom stereocenters. The van der Waals surface area contributed by atoms with E-state index in [4.69, 9.17) is 10.5 Å². The highest BCUT2D eigenvalue weighted by atomic mass is 16.5. The van der Waals surface area contributed by atoms with Crippen molar-refractivity contribution in [2.45, 2.75) is 13.0 Å². The molecular weight excluding hydrogens is 240 g/mol. The van der Waals surface area contributed by atoms with Crippen LogP contribution in [0.5, 0.6) is 0 Å². The number of benzene rings is 1. The van der Waals surface area contributed by atoms with Crippen molar-refractivity contribution in [2.75, 3.05) is 26.3 Å². The van der Waals surface area contributed by atoms with E-state index in [9.17, 15) is 4.79 Å². The molecule has 0 aromatic heterocycles. The van der Waals surface area contributed by atoms with Gasteiger partial charge in [0.25, 0.3) is 0 Å². The molecule has 1 aliphatic heterocycles. The summed E-state index contributed by atoms with van der Waals surface area (Å²) in [5.41, 5.74) is 7.86. The van der Waals surface area contributed by atoms with Crippen LogP contribution in [0.1, 0.15) is 11.1 Å². The van der Waals surface area contributed by atoms with Crippen molar-refractivity contribution >= 4 is 5.91 Å². The molecular formula is C15H20N2O2. The van der Waals surface area contributed by atoms with Gasteiger partial charge in [0, 0.05) is 19.6 Å². The van der Waals surface area contributed by atoms with Crippen LogP contribution in [0.3, 0.4) is 0 Å². The largest absolute Gasteiger partial charge is 0.368 e. The van der Waals surface area contributed by atoms with Crippen molar-refractivity contribution in [1.29, 1.82) is 0 Å². The minimum absolute atomic E-state index is 0.0125. The lowest BCUT2D eigenvalue weighted by molar-refractivity contribution is -0.122. The molecule has 1 amide bonds. The average Bonchev–Trinajstić information content (AvgIpc) is 2.42. The van der Waals surface area contributed by atoms with E-state index in [0.717, 1.165) is 26.1 Å². The summed E-state index contributed by atoms with van der Waals surface area (Å²) in [7, 11) is 0. The number of hydrogen-bond acceptors (Lipinski definition) is 3. The van der Waals surface area contributed by atoms with Gasteiger partial charge < -0.3 is 10.5 Å². The molecule has 102 valence electrons. The first-order valence-electron chi connectivity index (χ1n) is 6.56. The molecule has 0 saturated carbocycles. The van der Waals surface area contributed by atoms with Crippen LogP contribution in [0.25, 0.3) is 0 Å². The highest BCUT2D eigenvalue weighted by Crippen LogP contribution is 2.17. The molecule has 2 rings (SSSR count). The van der Waals surface area contributed by atoms with Gasteiger partial charge in [0.1, 0.15) is 6.61 Å². The molecule has 19 heavy (non-hydrogen) atoms. The fraction of sp³-hybridized carbons (Fsp3) is 0.400. The molecule has 0 radical (unpaired) electrons. The summed E-state index contributed by atoms with van der Waals surface area (Å²) >= 11 is 0. The van der Waals surface area contributed by atoms with Crippen LogP contribution in [-0.2, 0) is 22.5 Å². The summed E-state index contributed by atoms with van der Waals surface area (Å²) < 4.78 is 5.06. The zero-order valence-electron chi connectivity index (χ0n) is 11.0. The predicted molar refractivity (Wildman–Crippen MR) is 74.6 cm³/mol. The molecule has 1 aliphatic rings. The number of carbonyl (C=O) groups excluding carboxylic acids is 1. The van der Waals surface area contributed by atoms with E-state index in [1.807, 2.05) is 6.08 Å². The molecule has 0 aliphatic carbocycles. The molecule has 1 heterocycles. The maximum absolute atomic E-state index is 10.5. The minimum atomic E-state index is -0.430. The van der Waals surface area contributed by atoms with E-state index in [2.05, 4.69) is 35.2 Å². The van der Waals surface area contributed by atoms with Gasteiger partial charge in [-0.1, -0.05) is 36.4 Å². The number of fused-ring (bicyclic) bond motifs is 1. The lowest BCUT2D eigenvalue weighted by Crippen LogP contribution is -2.30. The topological polar surface area (TPSA) is 55.6 Å². The number of primary amides is 1. The molecule has 0 fully saturated rings. The summed E-state index contributed by atoms with van der Waals surface area (Å²) in [5, 5.41) is 0. The van der Waals surface area contributed by atoms with Gasteiger partial charge in [0.2, 0.25) is 5.91 Å². The van der Waals surface area contributed by atoms with Crippen molar-refractivity contribution in [3.63, 3.8) is 0 Å². The van der Waals surface area contributed by atoms with Gasteiger partial charge in [-0.15, -0.1) is 0 Å². The third-order valence-corrected chi connectivity index (χ3v) is 3.20.